The monoisotopic (exact) mass is 210 g/mol. The quantitative estimate of drug-likeness (QED) is 0.792. The third-order valence-electron chi connectivity index (χ3n) is 3.37. The van der Waals surface area contributed by atoms with E-state index in [0.29, 0.717) is 11.3 Å². The van der Waals surface area contributed by atoms with E-state index in [-0.39, 0.29) is 6.10 Å². The predicted molar refractivity (Wildman–Crippen MR) is 60.6 cm³/mol. The molecule has 0 radical (unpaired) electrons. The van der Waals surface area contributed by atoms with E-state index < -0.39 is 0 Å². The lowest BCUT2D eigenvalue weighted by Gasteiger charge is -2.11. The van der Waals surface area contributed by atoms with Crippen LogP contribution in [0.1, 0.15) is 41.7 Å². The molecule has 78 valence electrons. The summed E-state index contributed by atoms with van der Waals surface area (Å²) in [5.74, 6) is 0.468. The summed E-state index contributed by atoms with van der Waals surface area (Å²) in [6, 6.07) is 2.14. The van der Waals surface area contributed by atoms with Crippen molar-refractivity contribution in [3.63, 3.8) is 0 Å². The van der Waals surface area contributed by atoms with Crippen molar-refractivity contribution < 1.29 is 5.11 Å². The minimum Gasteiger partial charge on any atom is -0.388 e. The first-order valence-corrected chi connectivity index (χ1v) is 5.98. The van der Waals surface area contributed by atoms with Crippen LogP contribution < -0.4 is 0 Å². The molecule has 1 aromatic heterocycles. The SMILES string of the molecule is Cc1cc(C(O)C2CC2(C)C)c(C)s1. The lowest BCUT2D eigenvalue weighted by atomic mass is 10.0. The molecule has 1 saturated carbocycles. The van der Waals surface area contributed by atoms with E-state index in [1.54, 1.807) is 11.3 Å². The normalized spacial score (nSPS) is 26.2. The summed E-state index contributed by atoms with van der Waals surface area (Å²) in [5.41, 5.74) is 1.50. The summed E-state index contributed by atoms with van der Waals surface area (Å²) in [7, 11) is 0. The van der Waals surface area contributed by atoms with Gasteiger partial charge in [0.15, 0.2) is 0 Å². The van der Waals surface area contributed by atoms with Gasteiger partial charge >= 0.3 is 0 Å². The van der Waals surface area contributed by atoms with Crippen LogP contribution in [0, 0.1) is 25.2 Å². The molecule has 2 unspecified atom stereocenters. The Morgan fingerprint density at radius 2 is 2.07 bits per heavy atom. The number of rotatable bonds is 2. The molecule has 0 aromatic carbocycles. The second-order valence-corrected chi connectivity index (χ2v) is 6.57. The fourth-order valence-corrected chi connectivity index (χ4v) is 3.17. The van der Waals surface area contributed by atoms with Crippen LogP contribution in [0.25, 0.3) is 0 Å². The fraction of sp³-hybridized carbons (Fsp3) is 0.667. The van der Waals surface area contributed by atoms with E-state index >= 15 is 0 Å². The van der Waals surface area contributed by atoms with E-state index in [1.165, 1.54) is 9.75 Å². The van der Waals surface area contributed by atoms with Gasteiger partial charge in [-0.25, -0.2) is 0 Å². The Labute approximate surface area is 89.8 Å². The van der Waals surface area contributed by atoms with Gasteiger partial charge in [-0.2, -0.15) is 0 Å². The summed E-state index contributed by atoms with van der Waals surface area (Å²) in [6.07, 6.45) is 0.914. The summed E-state index contributed by atoms with van der Waals surface area (Å²) in [4.78, 5) is 2.58. The number of thiophene rings is 1. The molecule has 1 aromatic rings. The maximum absolute atomic E-state index is 10.2. The van der Waals surface area contributed by atoms with Crippen molar-refractivity contribution in [2.75, 3.05) is 0 Å². The molecule has 1 aliphatic carbocycles. The molecular weight excluding hydrogens is 192 g/mol. The number of hydrogen-bond donors (Lipinski definition) is 1. The molecule has 0 spiro atoms. The van der Waals surface area contributed by atoms with Gasteiger partial charge in [0.1, 0.15) is 0 Å². The Morgan fingerprint density at radius 1 is 1.50 bits per heavy atom. The molecule has 0 amide bonds. The van der Waals surface area contributed by atoms with Crippen LogP contribution in [0.4, 0.5) is 0 Å². The number of aliphatic hydroxyl groups excluding tert-OH is 1. The van der Waals surface area contributed by atoms with Gasteiger partial charge in [-0.05, 0) is 43.2 Å². The average Bonchev–Trinajstić information content (AvgIpc) is 2.55. The van der Waals surface area contributed by atoms with E-state index in [4.69, 9.17) is 0 Å². The standard InChI is InChI=1S/C12H18OS/c1-7-5-9(8(2)14-7)11(13)10-6-12(10,3)4/h5,10-11,13H,6H2,1-4H3. The van der Waals surface area contributed by atoms with Crippen LogP contribution >= 0.6 is 11.3 Å². The topological polar surface area (TPSA) is 20.2 Å². The van der Waals surface area contributed by atoms with Crippen LogP contribution in [0.2, 0.25) is 0 Å². The van der Waals surface area contributed by atoms with Gasteiger partial charge in [0.2, 0.25) is 0 Å². The van der Waals surface area contributed by atoms with Crippen molar-refractivity contribution in [1.82, 2.24) is 0 Å². The zero-order valence-electron chi connectivity index (χ0n) is 9.29. The first-order valence-electron chi connectivity index (χ1n) is 5.17. The van der Waals surface area contributed by atoms with Gasteiger partial charge in [0, 0.05) is 9.75 Å². The molecule has 1 N–H and O–H groups in total. The zero-order valence-corrected chi connectivity index (χ0v) is 10.1. The van der Waals surface area contributed by atoms with Gasteiger partial charge in [0.05, 0.1) is 6.10 Å². The van der Waals surface area contributed by atoms with E-state index in [9.17, 15) is 5.11 Å². The number of aryl methyl sites for hydroxylation is 2. The molecule has 0 saturated heterocycles. The molecule has 2 rings (SSSR count). The Hall–Kier alpha value is -0.340. The lowest BCUT2D eigenvalue weighted by molar-refractivity contribution is 0.138. The highest BCUT2D eigenvalue weighted by Gasteiger charge is 2.50. The smallest absolute Gasteiger partial charge is 0.0834 e. The summed E-state index contributed by atoms with van der Waals surface area (Å²) in [6.45, 7) is 8.67. The Balaban J connectivity index is 2.20. The second kappa shape index (κ2) is 3.07. The molecule has 2 heteroatoms. The van der Waals surface area contributed by atoms with E-state index in [2.05, 4.69) is 33.8 Å². The summed E-state index contributed by atoms with van der Waals surface area (Å²) >= 11 is 1.78. The highest BCUT2D eigenvalue weighted by atomic mass is 32.1. The second-order valence-electron chi connectivity index (χ2n) is 5.11. The van der Waals surface area contributed by atoms with Gasteiger partial charge < -0.3 is 5.11 Å². The Kier molecular flexibility index (Phi) is 2.24. The minimum absolute atomic E-state index is 0.241. The molecule has 1 nitrogen and oxygen atoms in total. The summed E-state index contributed by atoms with van der Waals surface area (Å²) < 4.78 is 0. The fourth-order valence-electron chi connectivity index (χ4n) is 2.21. The van der Waals surface area contributed by atoms with Crippen LogP contribution in [0.3, 0.4) is 0 Å². The maximum Gasteiger partial charge on any atom is 0.0834 e. The zero-order chi connectivity index (χ0) is 10.5. The molecule has 14 heavy (non-hydrogen) atoms. The van der Waals surface area contributed by atoms with Crippen LogP contribution in [-0.2, 0) is 0 Å². The van der Waals surface area contributed by atoms with Gasteiger partial charge in [-0.3, -0.25) is 0 Å². The number of hydrogen-bond acceptors (Lipinski definition) is 2. The van der Waals surface area contributed by atoms with Crippen LogP contribution in [0.15, 0.2) is 6.07 Å². The van der Waals surface area contributed by atoms with Crippen molar-refractivity contribution in [3.05, 3.63) is 21.4 Å². The Morgan fingerprint density at radius 3 is 2.43 bits per heavy atom. The van der Waals surface area contributed by atoms with Gasteiger partial charge in [0.25, 0.3) is 0 Å². The summed E-state index contributed by atoms with van der Waals surface area (Å²) in [5, 5.41) is 10.2. The highest BCUT2D eigenvalue weighted by molar-refractivity contribution is 7.12. The third kappa shape index (κ3) is 1.61. The van der Waals surface area contributed by atoms with E-state index in [0.717, 1.165) is 12.0 Å². The maximum atomic E-state index is 10.2. The van der Waals surface area contributed by atoms with Crippen molar-refractivity contribution in [3.8, 4) is 0 Å². The molecule has 0 aliphatic heterocycles. The highest BCUT2D eigenvalue weighted by Crippen LogP contribution is 2.58. The third-order valence-corrected chi connectivity index (χ3v) is 4.35. The lowest BCUT2D eigenvalue weighted by Crippen LogP contribution is -2.04. The largest absolute Gasteiger partial charge is 0.388 e. The molecule has 2 atom stereocenters. The Bertz CT molecular complexity index is 351. The van der Waals surface area contributed by atoms with Gasteiger partial charge in [-0.1, -0.05) is 13.8 Å². The van der Waals surface area contributed by atoms with E-state index in [1.807, 2.05) is 0 Å². The van der Waals surface area contributed by atoms with Crippen molar-refractivity contribution in [1.29, 1.82) is 0 Å². The van der Waals surface area contributed by atoms with Crippen LogP contribution in [0.5, 0.6) is 0 Å². The van der Waals surface area contributed by atoms with Crippen LogP contribution in [-0.4, -0.2) is 5.11 Å². The first kappa shape index (κ1) is 10.2. The van der Waals surface area contributed by atoms with Crippen molar-refractivity contribution >= 4 is 11.3 Å². The molecule has 0 bridgehead atoms. The minimum atomic E-state index is -0.241. The van der Waals surface area contributed by atoms with Crippen molar-refractivity contribution in [2.45, 2.75) is 40.2 Å². The predicted octanol–water partition coefficient (Wildman–Crippen LogP) is 3.44. The molecule has 1 aliphatic rings. The molecule has 1 fully saturated rings. The first-order chi connectivity index (χ1) is 6.42. The molecular formula is C12H18OS. The molecule has 1 heterocycles. The van der Waals surface area contributed by atoms with Gasteiger partial charge in [-0.15, -0.1) is 11.3 Å². The van der Waals surface area contributed by atoms with Crippen molar-refractivity contribution in [2.24, 2.45) is 11.3 Å². The average molecular weight is 210 g/mol. The number of aliphatic hydroxyl groups is 1.